The second kappa shape index (κ2) is 27.6. The quantitative estimate of drug-likeness (QED) is 0.133. The van der Waals surface area contributed by atoms with E-state index >= 15 is 0 Å². The van der Waals surface area contributed by atoms with Gasteiger partial charge < -0.3 is 0 Å². The summed E-state index contributed by atoms with van der Waals surface area (Å²) in [6, 6.07) is 105. The summed E-state index contributed by atoms with van der Waals surface area (Å²) in [4.78, 5) is 0. The molecule has 96 heavy (non-hydrogen) atoms. The highest BCUT2D eigenvalue weighted by Gasteiger charge is 2.09. The van der Waals surface area contributed by atoms with Crippen LogP contribution in [0.3, 0.4) is 0 Å². The van der Waals surface area contributed by atoms with Crippen LogP contribution in [0.25, 0.3) is 129 Å². The maximum Gasteiger partial charge on any atom is -0.0119 e. The van der Waals surface area contributed by atoms with Crippen LogP contribution in [-0.4, -0.2) is 0 Å². The Morgan fingerprint density at radius 2 is 0.417 bits per heavy atom. The summed E-state index contributed by atoms with van der Waals surface area (Å²) < 4.78 is 0. The Balaban J connectivity index is 0.000000104. The molecule has 0 N–H and O–H groups in total. The van der Waals surface area contributed by atoms with E-state index in [0.717, 1.165) is 0 Å². The highest BCUT2D eigenvalue weighted by molar-refractivity contribution is 6.07. The molecule has 0 heteroatoms. The Kier molecular flexibility index (Phi) is 18.3. The van der Waals surface area contributed by atoms with Gasteiger partial charge in [-0.1, -0.05) is 259 Å². The van der Waals surface area contributed by atoms with Gasteiger partial charge in [-0.05, 0) is 311 Å². The van der Waals surface area contributed by atoms with Gasteiger partial charge in [-0.2, -0.15) is 0 Å². The van der Waals surface area contributed by atoms with Crippen LogP contribution in [0.15, 0.2) is 291 Å². The first kappa shape index (κ1) is 63.8. The lowest BCUT2D eigenvalue weighted by Gasteiger charge is -2.09. The van der Waals surface area contributed by atoms with Crippen LogP contribution in [0.4, 0.5) is 0 Å². The summed E-state index contributed by atoms with van der Waals surface area (Å²) in [6.07, 6.45) is 0. The van der Waals surface area contributed by atoms with Gasteiger partial charge in [0.25, 0.3) is 0 Å². The second-order valence-electron chi connectivity index (χ2n) is 26.7. The maximum absolute atomic E-state index is 2.31. The van der Waals surface area contributed by atoms with Gasteiger partial charge in [0.2, 0.25) is 0 Å². The van der Waals surface area contributed by atoms with Crippen molar-refractivity contribution >= 4 is 129 Å². The Labute approximate surface area is 566 Å². The number of hydrogen-bond donors (Lipinski definition) is 0. The number of rotatable bonds is 0. The molecule has 0 spiro atoms. The predicted octanol–water partition coefficient (Wildman–Crippen LogP) is 27.7. The molecular formula is C96H84. The first-order chi connectivity index (χ1) is 46.5. The zero-order valence-corrected chi connectivity index (χ0v) is 57.7. The zero-order valence-electron chi connectivity index (χ0n) is 57.7. The van der Waals surface area contributed by atoms with Gasteiger partial charge in [-0.3, -0.25) is 0 Å². The Hall–Kier alpha value is -10.9. The molecule has 0 radical (unpaired) electrons. The van der Waals surface area contributed by atoms with Crippen molar-refractivity contribution in [1.82, 2.24) is 0 Å². The summed E-state index contributed by atoms with van der Waals surface area (Å²) >= 11 is 0. The van der Waals surface area contributed by atoms with Gasteiger partial charge in [-0.25, -0.2) is 0 Å². The van der Waals surface area contributed by atoms with Gasteiger partial charge >= 0.3 is 0 Å². The summed E-state index contributed by atoms with van der Waals surface area (Å²) in [5.74, 6) is 0. The summed E-state index contributed by atoms with van der Waals surface area (Å²) in [6.45, 7) is 26.1. The highest BCUT2D eigenvalue weighted by atomic mass is 14.1. The Morgan fingerprint density at radius 1 is 0.135 bits per heavy atom. The van der Waals surface area contributed by atoms with Crippen molar-refractivity contribution < 1.29 is 0 Å². The van der Waals surface area contributed by atoms with E-state index in [4.69, 9.17) is 0 Å². The van der Waals surface area contributed by atoms with Crippen molar-refractivity contribution in [3.8, 4) is 0 Å². The van der Waals surface area contributed by atoms with E-state index in [0.29, 0.717) is 0 Å². The van der Waals surface area contributed by atoms with E-state index in [2.05, 4.69) is 374 Å². The molecule has 18 aromatic carbocycles. The molecule has 0 aliphatic carbocycles. The molecule has 0 nitrogen and oxygen atoms in total. The molecule has 18 aromatic rings. The first-order valence-electron chi connectivity index (χ1n) is 33.9. The molecule has 0 atom stereocenters. The molecule has 0 aliphatic rings. The minimum absolute atomic E-state index is 1.32. The minimum atomic E-state index is 1.32. The SMILES string of the molecule is Cc1ccc2c(C)c3ccccc3cc2c1.Cc1ccc2cc3c(C)cccc3cc2c1.Cc1ccc2cc3cccc(C)c3cc2c1.Cc1ccc2cc3ccccc3c(C)c2c1.Cc1cccc2cc3cccc(C)c3cc12.Cc1cccc2cc3ccccc3c(C)c12. The van der Waals surface area contributed by atoms with Crippen LogP contribution in [0.5, 0.6) is 0 Å². The molecule has 0 bridgehead atoms. The van der Waals surface area contributed by atoms with Crippen LogP contribution < -0.4 is 0 Å². The van der Waals surface area contributed by atoms with Gasteiger partial charge in [-0.15, -0.1) is 0 Å². The molecule has 0 fully saturated rings. The Bertz CT molecular complexity index is 5830. The van der Waals surface area contributed by atoms with Crippen LogP contribution >= 0.6 is 0 Å². The van der Waals surface area contributed by atoms with Crippen molar-refractivity contribution in [3.05, 3.63) is 358 Å². The average Bonchev–Trinajstić information content (AvgIpc) is 0.843. The van der Waals surface area contributed by atoms with Crippen molar-refractivity contribution in [2.45, 2.75) is 83.1 Å². The van der Waals surface area contributed by atoms with Crippen LogP contribution in [0.2, 0.25) is 0 Å². The number of hydrogen-bond acceptors (Lipinski definition) is 0. The lowest BCUT2D eigenvalue weighted by atomic mass is 9.95. The van der Waals surface area contributed by atoms with Crippen LogP contribution in [0, 0.1) is 83.1 Å². The van der Waals surface area contributed by atoms with Crippen molar-refractivity contribution in [1.29, 1.82) is 0 Å². The number of aryl methyl sites for hydroxylation is 12. The lowest BCUT2D eigenvalue weighted by molar-refractivity contribution is 1.49. The van der Waals surface area contributed by atoms with E-state index in [-0.39, 0.29) is 0 Å². The molecule has 468 valence electrons. The fraction of sp³-hybridized carbons (Fsp3) is 0.125. The van der Waals surface area contributed by atoms with Crippen LogP contribution in [0.1, 0.15) is 66.8 Å². The van der Waals surface area contributed by atoms with E-state index < -0.39 is 0 Å². The van der Waals surface area contributed by atoms with Gasteiger partial charge in [0.05, 0.1) is 0 Å². The smallest absolute Gasteiger partial charge is 0.0119 e. The van der Waals surface area contributed by atoms with Crippen LogP contribution in [-0.2, 0) is 0 Å². The fourth-order valence-corrected chi connectivity index (χ4v) is 14.4. The van der Waals surface area contributed by atoms with E-state index in [1.165, 1.54) is 196 Å². The van der Waals surface area contributed by atoms with Gasteiger partial charge in [0.1, 0.15) is 0 Å². The number of benzene rings is 18. The molecule has 0 amide bonds. The highest BCUT2D eigenvalue weighted by Crippen LogP contribution is 2.34. The minimum Gasteiger partial charge on any atom is -0.0616 e. The van der Waals surface area contributed by atoms with Gasteiger partial charge in [0.15, 0.2) is 0 Å². The van der Waals surface area contributed by atoms with Crippen molar-refractivity contribution in [2.24, 2.45) is 0 Å². The van der Waals surface area contributed by atoms with Crippen molar-refractivity contribution in [3.63, 3.8) is 0 Å². The molecule has 0 saturated heterocycles. The second-order valence-corrected chi connectivity index (χ2v) is 26.7. The summed E-state index contributed by atoms with van der Waals surface area (Å²) in [7, 11) is 0. The first-order valence-corrected chi connectivity index (χ1v) is 33.9. The maximum atomic E-state index is 2.31. The molecule has 0 saturated carbocycles. The molecular weight excluding hydrogens is 1150 g/mol. The molecule has 0 unspecified atom stereocenters. The third-order valence-corrected chi connectivity index (χ3v) is 19.7. The molecule has 0 aliphatic heterocycles. The van der Waals surface area contributed by atoms with E-state index in [9.17, 15) is 0 Å². The topological polar surface area (TPSA) is 0 Å². The standard InChI is InChI=1S/6C16H14/c1-11-5-3-7-13-9-14-8-4-6-12(2)16(14)10-15(11)13;1-11-6-5-8-14-10-13-7-3-4-9-15(13)12(2)16(11)14;1-11-6-7-13-10-16-12(2)4-3-5-14(16)9-15(13)8-11;1-11-6-7-13-9-14-5-3-4-12(2)16(14)10-15(13)8-11;1-11-7-8-16-12(2)15-6-4-3-5-13(15)10-14(16)9-11;1-11-7-8-14-10-13-5-3-4-6-15(13)12(2)16(14)9-11/h6*3-10H,1-2H3. The van der Waals surface area contributed by atoms with E-state index in [1.807, 2.05) is 0 Å². The monoisotopic (exact) mass is 1240 g/mol. The predicted molar refractivity (Wildman–Crippen MR) is 426 cm³/mol. The Morgan fingerprint density at radius 3 is 0.917 bits per heavy atom. The third kappa shape index (κ3) is 13.4. The average molecular weight is 1240 g/mol. The molecule has 18 rings (SSSR count). The summed E-state index contributed by atoms with van der Waals surface area (Å²) in [5.41, 5.74) is 16.2. The normalized spacial score (nSPS) is 11.1. The largest absolute Gasteiger partial charge is 0.0616 e. The molecule has 0 aromatic heterocycles. The lowest BCUT2D eigenvalue weighted by Crippen LogP contribution is -1.85. The van der Waals surface area contributed by atoms with Crippen molar-refractivity contribution in [2.75, 3.05) is 0 Å². The van der Waals surface area contributed by atoms with Gasteiger partial charge in [0, 0.05) is 0 Å². The molecule has 0 heterocycles. The zero-order chi connectivity index (χ0) is 66.7. The number of fused-ring (bicyclic) bond motifs is 12. The summed E-state index contributed by atoms with van der Waals surface area (Å²) in [5, 5.41) is 32.3. The third-order valence-electron chi connectivity index (χ3n) is 19.7. The fourth-order valence-electron chi connectivity index (χ4n) is 14.4. The van der Waals surface area contributed by atoms with E-state index in [1.54, 1.807) is 0 Å².